The number of aromatic nitrogens is 4. The second-order valence-corrected chi connectivity index (χ2v) is 7.29. The van der Waals surface area contributed by atoms with Crippen molar-refractivity contribution in [3.8, 4) is 0 Å². The average molecular weight is 399 g/mol. The minimum absolute atomic E-state index is 0.167. The van der Waals surface area contributed by atoms with Crippen LogP contribution in [-0.2, 0) is 24.9 Å². The first-order valence-corrected chi connectivity index (χ1v) is 9.72. The third-order valence-corrected chi connectivity index (χ3v) is 5.25. The van der Waals surface area contributed by atoms with E-state index in [1.54, 1.807) is 11.6 Å². The summed E-state index contributed by atoms with van der Waals surface area (Å²) >= 11 is 0. The quantitative estimate of drug-likeness (QED) is 0.637. The van der Waals surface area contributed by atoms with E-state index < -0.39 is 17.4 Å². The normalized spacial score (nSPS) is 16.4. The molecule has 0 fully saturated rings. The Morgan fingerprint density at radius 2 is 1.93 bits per heavy atom. The predicted molar refractivity (Wildman–Crippen MR) is 110 cm³/mol. The number of aliphatic hydroxyl groups excluding tert-OH is 1. The summed E-state index contributed by atoms with van der Waals surface area (Å²) in [4.78, 5) is 32.4. The number of aliphatic hydroxyl groups is 1. The van der Waals surface area contributed by atoms with Crippen molar-refractivity contribution in [3.63, 3.8) is 0 Å². The van der Waals surface area contributed by atoms with Gasteiger partial charge in [-0.2, -0.15) is 4.98 Å². The van der Waals surface area contributed by atoms with Crippen LogP contribution in [0.15, 0.2) is 33.9 Å². The van der Waals surface area contributed by atoms with Gasteiger partial charge < -0.3 is 19.3 Å². The SMILES string of the molecule is CCOCCn1c(=O)c2c(nc3n2C[C@H](O)CN3c2ccc(C)cc2)n(C)c1=O. The zero-order valence-electron chi connectivity index (χ0n) is 16.8. The van der Waals surface area contributed by atoms with Crippen LogP contribution in [0.25, 0.3) is 11.2 Å². The lowest BCUT2D eigenvalue weighted by Gasteiger charge is -2.32. The maximum absolute atomic E-state index is 13.2. The highest BCUT2D eigenvalue weighted by Crippen LogP contribution is 2.31. The topological polar surface area (TPSA) is 94.5 Å². The van der Waals surface area contributed by atoms with Crippen molar-refractivity contribution < 1.29 is 9.84 Å². The number of nitrogens with zero attached hydrogens (tertiary/aromatic N) is 5. The van der Waals surface area contributed by atoms with E-state index in [2.05, 4.69) is 4.98 Å². The molecular formula is C20H25N5O4. The molecule has 0 aliphatic carbocycles. The molecule has 0 radical (unpaired) electrons. The summed E-state index contributed by atoms with van der Waals surface area (Å²) in [7, 11) is 1.60. The van der Waals surface area contributed by atoms with Gasteiger partial charge in [-0.05, 0) is 26.0 Å². The molecule has 0 bridgehead atoms. The Morgan fingerprint density at radius 3 is 2.62 bits per heavy atom. The third-order valence-electron chi connectivity index (χ3n) is 5.25. The first kappa shape index (κ1) is 19.4. The van der Waals surface area contributed by atoms with Gasteiger partial charge in [-0.15, -0.1) is 0 Å². The van der Waals surface area contributed by atoms with Crippen LogP contribution in [0.2, 0.25) is 0 Å². The van der Waals surface area contributed by atoms with Crippen LogP contribution >= 0.6 is 0 Å². The maximum Gasteiger partial charge on any atom is 0.332 e. The molecule has 1 aromatic carbocycles. The van der Waals surface area contributed by atoms with E-state index >= 15 is 0 Å². The van der Waals surface area contributed by atoms with E-state index in [9.17, 15) is 14.7 Å². The van der Waals surface area contributed by atoms with Crippen molar-refractivity contribution in [2.45, 2.75) is 33.0 Å². The Bertz CT molecular complexity index is 1160. The fourth-order valence-electron chi connectivity index (χ4n) is 3.74. The molecule has 0 saturated carbocycles. The Labute approximate surface area is 167 Å². The molecule has 154 valence electrons. The molecule has 1 aliphatic rings. The van der Waals surface area contributed by atoms with Gasteiger partial charge in [0.2, 0.25) is 5.95 Å². The van der Waals surface area contributed by atoms with Crippen molar-refractivity contribution in [2.24, 2.45) is 7.05 Å². The van der Waals surface area contributed by atoms with Crippen LogP contribution < -0.4 is 16.1 Å². The van der Waals surface area contributed by atoms with Gasteiger partial charge in [0.15, 0.2) is 11.2 Å². The molecule has 2 aromatic heterocycles. The van der Waals surface area contributed by atoms with Gasteiger partial charge in [0.1, 0.15) is 0 Å². The molecule has 1 N–H and O–H groups in total. The number of fused-ring (bicyclic) bond motifs is 3. The number of hydrogen-bond donors (Lipinski definition) is 1. The molecule has 1 atom stereocenters. The summed E-state index contributed by atoms with van der Waals surface area (Å²) in [5.41, 5.74) is 1.77. The minimum Gasteiger partial charge on any atom is -0.389 e. The van der Waals surface area contributed by atoms with Gasteiger partial charge in [0.05, 0.1) is 32.3 Å². The molecule has 9 heteroatoms. The van der Waals surface area contributed by atoms with Gasteiger partial charge in [-0.1, -0.05) is 17.7 Å². The highest BCUT2D eigenvalue weighted by Gasteiger charge is 2.30. The summed E-state index contributed by atoms with van der Waals surface area (Å²) in [5, 5.41) is 10.5. The monoisotopic (exact) mass is 399 g/mol. The molecule has 3 heterocycles. The number of aryl methyl sites for hydroxylation is 2. The molecule has 9 nitrogen and oxygen atoms in total. The highest BCUT2D eigenvalue weighted by molar-refractivity contribution is 5.77. The van der Waals surface area contributed by atoms with Crippen molar-refractivity contribution in [1.29, 1.82) is 0 Å². The van der Waals surface area contributed by atoms with Crippen LogP contribution in [0.4, 0.5) is 11.6 Å². The molecule has 1 aliphatic heterocycles. The van der Waals surface area contributed by atoms with Gasteiger partial charge in [-0.25, -0.2) is 4.79 Å². The van der Waals surface area contributed by atoms with E-state index in [1.165, 1.54) is 9.13 Å². The van der Waals surface area contributed by atoms with E-state index in [4.69, 9.17) is 4.74 Å². The molecule has 3 aromatic rings. The van der Waals surface area contributed by atoms with Gasteiger partial charge in [0, 0.05) is 19.3 Å². The summed E-state index contributed by atoms with van der Waals surface area (Å²) in [6, 6.07) is 7.88. The highest BCUT2D eigenvalue weighted by atomic mass is 16.5. The van der Waals surface area contributed by atoms with Crippen LogP contribution in [0.3, 0.4) is 0 Å². The van der Waals surface area contributed by atoms with Gasteiger partial charge in [0.25, 0.3) is 5.56 Å². The van der Waals surface area contributed by atoms with Crippen molar-refractivity contribution in [2.75, 3.05) is 24.7 Å². The average Bonchev–Trinajstić information content (AvgIpc) is 3.08. The van der Waals surface area contributed by atoms with E-state index in [-0.39, 0.29) is 19.7 Å². The molecule has 0 spiro atoms. The lowest BCUT2D eigenvalue weighted by molar-refractivity contribution is 0.137. The first-order valence-electron chi connectivity index (χ1n) is 9.72. The van der Waals surface area contributed by atoms with E-state index in [0.717, 1.165) is 11.3 Å². The van der Waals surface area contributed by atoms with Gasteiger partial charge in [-0.3, -0.25) is 13.9 Å². The molecule has 29 heavy (non-hydrogen) atoms. The standard InChI is InChI=1S/C20H25N5O4/c1-4-29-10-9-23-18(27)16-17(22(3)20(23)28)21-19-24(11-15(26)12-25(16)19)14-7-5-13(2)6-8-14/h5-8,15,26H,4,9-12H2,1-3H3/t15-/m1/s1. The first-order chi connectivity index (χ1) is 13.9. The Kier molecular flexibility index (Phi) is 5.01. The van der Waals surface area contributed by atoms with Crippen LogP contribution in [0.5, 0.6) is 0 Å². The summed E-state index contributed by atoms with van der Waals surface area (Å²) < 4.78 is 9.58. The molecule has 4 rings (SSSR count). The fourth-order valence-corrected chi connectivity index (χ4v) is 3.74. The predicted octanol–water partition coefficient (Wildman–Crippen LogP) is 0.754. The number of anilines is 2. The number of β-amino-alcohol motifs (C(OH)–C–C–N with tert-alkyl or cyclic N) is 1. The number of rotatable bonds is 5. The van der Waals surface area contributed by atoms with Crippen LogP contribution in [0, 0.1) is 6.92 Å². The van der Waals surface area contributed by atoms with Crippen molar-refractivity contribution in [1.82, 2.24) is 18.7 Å². The Morgan fingerprint density at radius 1 is 1.21 bits per heavy atom. The smallest absolute Gasteiger partial charge is 0.332 e. The fraction of sp³-hybridized carbons (Fsp3) is 0.450. The molecule has 0 amide bonds. The van der Waals surface area contributed by atoms with Crippen molar-refractivity contribution >= 4 is 22.8 Å². The number of benzene rings is 1. The Hall–Kier alpha value is -2.91. The van der Waals surface area contributed by atoms with E-state index in [0.29, 0.717) is 30.3 Å². The lowest BCUT2D eigenvalue weighted by Crippen LogP contribution is -2.42. The maximum atomic E-state index is 13.2. The third kappa shape index (κ3) is 3.26. The zero-order chi connectivity index (χ0) is 20.7. The lowest BCUT2D eigenvalue weighted by atomic mass is 10.2. The Balaban J connectivity index is 1.91. The second-order valence-electron chi connectivity index (χ2n) is 7.29. The zero-order valence-corrected chi connectivity index (χ0v) is 16.8. The second kappa shape index (κ2) is 7.49. The summed E-state index contributed by atoms with van der Waals surface area (Å²) in [6.07, 6.45) is -0.672. The molecule has 0 unspecified atom stereocenters. The number of hydrogen-bond acceptors (Lipinski definition) is 6. The van der Waals surface area contributed by atoms with Gasteiger partial charge >= 0.3 is 5.69 Å². The summed E-state index contributed by atoms with van der Waals surface area (Å²) in [5.74, 6) is 0.545. The van der Waals surface area contributed by atoms with Crippen molar-refractivity contribution in [3.05, 3.63) is 50.7 Å². The van der Waals surface area contributed by atoms with Crippen LogP contribution in [-0.4, -0.2) is 49.7 Å². The minimum atomic E-state index is -0.672. The number of ether oxygens (including phenoxy) is 1. The van der Waals surface area contributed by atoms with Crippen LogP contribution in [0.1, 0.15) is 12.5 Å². The molecular weight excluding hydrogens is 374 g/mol. The molecule has 0 saturated heterocycles. The number of imidazole rings is 1. The largest absolute Gasteiger partial charge is 0.389 e. The summed E-state index contributed by atoms with van der Waals surface area (Å²) in [6.45, 7) is 5.42. The van der Waals surface area contributed by atoms with E-state index in [1.807, 2.05) is 43.0 Å².